The Kier molecular flexibility index (Phi) is 19.6. The standard InChI is InChI=1S/C106H98N8/c1-17-73-59(9)99-95(69-35-27-25-28-36-69)100-60(10)74(18-2)88(108-100)56-92-78(22-6)64(14)104(112-92)97(103-63(13)77(21-5)91(111-103)55-87(73)107-99)71-49-43-67(44-50-71)47-53-85-81-39-31-33-41-83(81)86(84-42-34-32-40-82(84)85)54-48-68-45-51-72(52-46-68)98-105-65(15)79(23-7)93(113-105)57-89-75(19-3)61(11)101(109-89)96(70-37-29-26-30-38-70)102-62(12)76(20-4)90(110-102)58-94-80(24-8)66(16)106(98)114-94/h25-46,49-52,55-58,107,109,112,114H,17-24H2,1-16H3. The molecule has 0 spiro atoms. The van der Waals surface area contributed by atoms with E-state index in [-0.39, 0.29) is 0 Å². The van der Waals surface area contributed by atoms with Gasteiger partial charge in [0.05, 0.1) is 67.6 Å². The van der Waals surface area contributed by atoms with Crippen LogP contribution in [0.2, 0.25) is 0 Å². The first kappa shape index (κ1) is 74.1. The first-order valence-electron chi connectivity index (χ1n) is 41.2. The zero-order chi connectivity index (χ0) is 79.1. The molecule has 6 aromatic heterocycles. The van der Waals surface area contributed by atoms with Gasteiger partial charge >= 0.3 is 0 Å². The van der Waals surface area contributed by atoms with Gasteiger partial charge in [-0.25, -0.2) is 19.9 Å². The van der Waals surface area contributed by atoms with Crippen LogP contribution in [0.15, 0.2) is 182 Å². The molecule has 4 aliphatic rings. The number of nitrogens with one attached hydrogen (secondary N) is 4. The molecule has 10 heterocycles. The van der Waals surface area contributed by atoms with E-state index < -0.39 is 0 Å². The maximum Gasteiger partial charge on any atom is 0.0769 e. The minimum Gasteiger partial charge on any atom is -0.354 e. The zero-order valence-corrected chi connectivity index (χ0v) is 68.8. The van der Waals surface area contributed by atoms with Gasteiger partial charge in [-0.1, -0.05) is 213 Å². The van der Waals surface area contributed by atoms with E-state index in [0.717, 1.165) is 229 Å². The second kappa shape index (κ2) is 30.1. The third-order valence-corrected chi connectivity index (χ3v) is 25.0. The van der Waals surface area contributed by atoms with E-state index in [0.29, 0.717) is 0 Å². The van der Waals surface area contributed by atoms with Crippen LogP contribution in [0.3, 0.4) is 0 Å². The van der Waals surface area contributed by atoms with Gasteiger partial charge in [-0.15, -0.1) is 0 Å². The Bertz CT molecular complexity index is 6390. The predicted molar refractivity (Wildman–Crippen MR) is 485 cm³/mol. The molecular weight excluding hydrogens is 1390 g/mol. The molecule has 8 heteroatoms. The van der Waals surface area contributed by atoms with Crippen LogP contribution in [-0.4, -0.2) is 39.9 Å². The highest BCUT2D eigenvalue weighted by Crippen LogP contribution is 2.48. The molecule has 0 atom stereocenters. The summed E-state index contributed by atoms with van der Waals surface area (Å²) in [6, 6.07) is 65.8. The molecule has 0 amide bonds. The fraction of sp³-hybridized carbons (Fsp3) is 0.226. The van der Waals surface area contributed by atoms with Gasteiger partial charge in [-0.2, -0.15) is 0 Å². The van der Waals surface area contributed by atoms with Crippen molar-refractivity contribution in [1.29, 1.82) is 0 Å². The molecule has 0 fully saturated rings. The van der Waals surface area contributed by atoms with E-state index in [4.69, 9.17) is 19.9 Å². The molecule has 4 aliphatic heterocycles. The predicted octanol–water partition coefficient (Wildman–Crippen LogP) is 27.6. The lowest BCUT2D eigenvalue weighted by molar-refractivity contribution is 1.14. The number of aromatic amines is 4. The first-order chi connectivity index (χ1) is 55.5. The lowest BCUT2D eigenvalue weighted by Gasteiger charge is -2.11. The van der Waals surface area contributed by atoms with Crippen molar-refractivity contribution in [2.24, 2.45) is 0 Å². The molecule has 0 unspecified atom stereocenters. The highest BCUT2D eigenvalue weighted by molar-refractivity contribution is 6.11. The molecule has 0 radical (unpaired) electrons. The maximum absolute atomic E-state index is 5.74. The number of rotatable bonds is 12. The molecule has 562 valence electrons. The topological polar surface area (TPSA) is 115 Å². The van der Waals surface area contributed by atoms with Crippen molar-refractivity contribution in [2.75, 3.05) is 0 Å². The van der Waals surface area contributed by atoms with Crippen LogP contribution in [0.5, 0.6) is 0 Å². The van der Waals surface area contributed by atoms with Crippen LogP contribution < -0.4 is 0 Å². The second-order valence-electron chi connectivity index (χ2n) is 31.0. The van der Waals surface area contributed by atoms with Crippen molar-refractivity contribution in [3.8, 4) is 68.2 Å². The van der Waals surface area contributed by atoms with Gasteiger partial charge in [0, 0.05) is 66.6 Å². The van der Waals surface area contributed by atoms with Crippen molar-refractivity contribution < 1.29 is 0 Å². The summed E-state index contributed by atoms with van der Waals surface area (Å²) >= 11 is 0. The van der Waals surface area contributed by atoms with Crippen molar-refractivity contribution in [3.63, 3.8) is 0 Å². The molecule has 0 saturated heterocycles. The third-order valence-electron chi connectivity index (χ3n) is 25.0. The van der Waals surface area contributed by atoms with E-state index in [9.17, 15) is 0 Å². The van der Waals surface area contributed by atoms with Crippen LogP contribution in [-0.2, 0) is 25.7 Å². The number of aryl methyl sites for hydroxylation is 8. The van der Waals surface area contributed by atoms with Gasteiger partial charge in [-0.05, 0) is 288 Å². The Balaban J connectivity index is 0.777. The summed E-state index contributed by atoms with van der Waals surface area (Å²) in [6.07, 6.45) is 6.81. The highest BCUT2D eigenvalue weighted by Gasteiger charge is 2.30. The van der Waals surface area contributed by atoms with Crippen molar-refractivity contribution >= 4 is 110 Å². The summed E-state index contributed by atoms with van der Waals surface area (Å²) in [7, 11) is 0. The molecule has 7 aromatic carbocycles. The number of fused-ring (bicyclic) bond motifs is 18. The van der Waals surface area contributed by atoms with Crippen LogP contribution >= 0.6 is 0 Å². The van der Waals surface area contributed by atoms with E-state index in [2.05, 4.69) is 336 Å². The number of nitrogens with zero attached hydrogens (tertiary/aromatic N) is 4. The number of allylic oxidation sites excluding steroid dienone is 8. The van der Waals surface area contributed by atoms with Crippen molar-refractivity contribution in [2.45, 2.75) is 162 Å². The van der Waals surface area contributed by atoms with Crippen LogP contribution in [0.1, 0.15) is 221 Å². The largest absolute Gasteiger partial charge is 0.354 e. The van der Waals surface area contributed by atoms with Crippen molar-refractivity contribution in [1.82, 2.24) is 39.9 Å². The molecular formula is C106H98N8. The average Bonchev–Trinajstić information content (AvgIpc) is 1.50. The van der Waals surface area contributed by atoms with E-state index in [1.165, 1.54) is 89.1 Å². The molecule has 13 aromatic rings. The minimum atomic E-state index is 0.834. The Hall–Kier alpha value is -12.6. The molecule has 16 bridgehead atoms. The number of H-pyrrole nitrogens is 4. The summed E-state index contributed by atoms with van der Waals surface area (Å²) in [6.45, 7) is 36.2. The molecule has 4 N–H and O–H groups in total. The maximum atomic E-state index is 5.74. The summed E-state index contributed by atoms with van der Waals surface area (Å²) < 4.78 is 0. The van der Waals surface area contributed by atoms with Gasteiger partial charge in [0.1, 0.15) is 0 Å². The average molecular weight is 1480 g/mol. The quantitative estimate of drug-likeness (QED) is 0.0720. The van der Waals surface area contributed by atoms with Crippen LogP contribution in [0.4, 0.5) is 0 Å². The second-order valence-corrected chi connectivity index (χ2v) is 31.0. The fourth-order valence-corrected chi connectivity index (χ4v) is 19.1. The third kappa shape index (κ3) is 12.3. The SMILES string of the molecule is CCC1=C(C)c2nc1cc1[nH]c(c(C)c1CC)c(-c1ccccc1)c1nc(cc3[nH]c(c(C)c3CC)c2-c2ccc(C#Cc3c4ccccc4c(C#Cc4ccc(-c5c6nc(cc7[nH]c(c(C)c7CC)c(-c7ccccc7)c7nc(cc8[nH]c5c(C)c8CC)C(CC)=C7C)C(CC)=C6C)cc4)c4ccccc34)cc2)C(CC)=C1C. The number of hydrogen-bond donors (Lipinski definition) is 4. The molecule has 114 heavy (non-hydrogen) atoms. The fourth-order valence-electron chi connectivity index (χ4n) is 19.1. The smallest absolute Gasteiger partial charge is 0.0769 e. The van der Waals surface area contributed by atoms with Crippen molar-refractivity contribution in [3.05, 3.63) is 294 Å². The lowest BCUT2D eigenvalue weighted by Crippen LogP contribution is -1.91. The highest BCUT2D eigenvalue weighted by atomic mass is 14.8. The van der Waals surface area contributed by atoms with E-state index in [1.807, 2.05) is 0 Å². The number of benzene rings is 7. The number of aromatic nitrogens is 8. The zero-order valence-electron chi connectivity index (χ0n) is 68.8. The van der Waals surface area contributed by atoms with E-state index in [1.54, 1.807) is 0 Å². The van der Waals surface area contributed by atoms with Crippen LogP contribution in [0.25, 0.3) is 155 Å². The summed E-state index contributed by atoms with van der Waals surface area (Å²) in [5.41, 5.74) is 49.1. The van der Waals surface area contributed by atoms with E-state index >= 15 is 0 Å². The van der Waals surface area contributed by atoms with Gasteiger partial charge < -0.3 is 19.9 Å². The Morgan fingerprint density at radius 1 is 0.254 bits per heavy atom. The lowest BCUT2D eigenvalue weighted by atomic mass is 9.91. The van der Waals surface area contributed by atoms with Gasteiger partial charge in [-0.3, -0.25) is 0 Å². The number of hydrogen-bond acceptors (Lipinski definition) is 4. The minimum absolute atomic E-state index is 0.834. The molecule has 0 aliphatic carbocycles. The normalized spacial score (nSPS) is 12.9. The monoisotopic (exact) mass is 1480 g/mol. The summed E-state index contributed by atoms with van der Waals surface area (Å²) in [5, 5.41) is 4.25. The van der Waals surface area contributed by atoms with Gasteiger partial charge in [0.2, 0.25) is 0 Å². The Morgan fingerprint density at radius 3 is 0.711 bits per heavy atom. The Labute approximate surface area is 670 Å². The molecule has 0 saturated carbocycles. The first-order valence-corrected chi connectivity index (χ1v) is 41.2. The molecule has 8 nitrogen and oxygen atoms in total. The summed E-state index contributed by atoms with van der Waals surface area (Å²) in [4.78, 5) is 38.9. The van der Waals surface area contributed by atoms with Crippen LogP contribution in [0, 0.1) is 51.4 Å². The molecule has 17 rings (SSSR count). The summed E-state index contributed by atoms with van der Waals surface area (Å²) in [5.74, 6) is 14.9. The Morgan fingerprint density at radius 2 is 0.482 bits per heavy atom. The van der Waals surface area contributed by atoms with Gasteiger partial charge in [0.25, 0.3) is 0 Å². The van der Waals surface area contributed by atoms with Gasteiger partial charge in [0.15, 0.2) is 0 Å².